The topological polar surface area (TPSA) is 88.3 Å². The molecule has 0 saturated carbocycles. The Morgan fingerprint density at radius 1 is 1.53 bits per heavy atom. The van der Waals surface area contributed by atoms with Gasteiger partial charge in [-0.3, -0.25) is 9.59 Å². The first-order valence-corrected chi connectivity index (χ1v) is 5.40. The number of nitrogens with zero attached hydrogens (tertiary/aromatic N) is 4. The number of carbonyl (C=O) groups is 2. The molecule has 0 radical (unpaired) electrons. The van der Waals surface area contributed by atoms with Crippen LogP contribution in [0.15, 0.2) is 12.4 Å². The van der Waals surface area contributed by atoms with E-state index in [0.29, 0.717) is 6.42 Å². The average Bonchev–Trinajstić information content (AvgIpc) is 2.77. The highest BCUT2D eigenvalue weighted by Gasteiger charge is 2.21. The lowest BCUT2D eigenvalue weighted by Crippen LogP contribution is -2.43. The largest absolute Gasteiger partial charge is 0.480 e. The highest BCUT2D eigenvalue weighted by molar-refractivity contribution is 5.81. The highest BCUT2D eigenvalue weighted by Crippen LogP contribution is 2.04. The predicted octanol–water partition coefficient (Wildman–Crippen LogP) is -0.0102. The third-order valence-corrected chi connectivity index (χ3v) is 2.52. The molecule has 1 aromatic rings. The minimum Gasteiger partial charge on any atom is -0.480 e. The second kappa shape index (κ2) is 5.97. The van der Waals surface area contributed by atoms with Gasteiger partial charge in [-0.15, -0.1) is 5.10 Å². The number of carboxylic acid groups (broad SMARTS) is 1. The molecule has 94 valence electrons. The minimum atomic E-state index is -1.02. The zero-order chi connectivity index (χ0) is 12.8. The fourth-order valence-electron chi connectivity index (χ4n) is 1.40. The Bertz CT molecular complexity index is 377. The summed E-state index contributed by atoms with van der Waals surface area (Å²) >= 11 is 0. The summed E-state index contributed by atoms with van der Waals surface area (Å²) in [6, 6.07) is -0.109. The fraction of sp³-hybridized carbons (Fsp3) is 0.600. The molecule has 0 saturated heterocycles. The van der Waals surface area contributed by atoms with Crippen molar-refractivity contribution in [3.63, 3.8) is 0 Å². The van der Waals surface area contributed by atoms with Gasteiger partial charge >= 0.3 is 5.97 Å². The standard InChI is InChI=1S/C10H16N4O3/c1-3-8(2)14(7-10(16)17)9(15)6-13-5-4-11-12-13/h4-5,8H,3,6-7H2,1-2H3,(H,16,17). The Labute approximate surface area is 99.0 Å². The van der Waals surface area contributed by atoms with Gasteiger partial charge < -0.3 is 10.0 Å². The van der Waals surface area contributed by atoms with E-state index in [1.54, 1.807) is 6.20 Å². The Morgan fingerprint density at radius 3 is 2.71 bits per heavy atom. The molecular formula is C10H16N4O3. The number of aliphatic carboxylic acids is 1. The van der Waals surface area contributed by atoms with Gasteiger partial charge in [0.05, 0.1) is 6.20 Å². The second-order valence-electron chi connectivity index (χ2n) is 3.77. The molecule has 1 N–H and O–H groups in total. The van der Waals surface area contributed by atoms with Crippen LogP contribution in [-0.2, 0) is 16.1 Å². The van der Waals surface area contributed by atoms with Crippen molar-refractivity contribution >= 4 is 11.9 Å². The molecule has 1 heterocycles. The Kier molecular flexibility index (Phi) is 4.62. The molecule has 17 heavy (non-hydrogen) atoms. The van der Waals surface area contributed by atoms with Crippen LogP contribution < -0.4 is 0 Å². The van der Waals surface area contributed by atoms with Crippen LogP contribution in [0.1, 0.15) is 20.3 Å². The SMILES string of the molecule is CCC(C)N(CC(=O)O)C(=O)Cn1ccnn1. The average molecular weight is 240 g/mol. The molecule has 1 unspecified atom stereocenters. The molecule has 7 heteroatoms. The van der Waals surface area contributed by atoms with Crippen LogP contribution >= 0.6 is 0 Å². The van der Waals surface area contributed by atoms with Crippen molar-refractivity contribution in [1.82, 2.24) is 19.9 Å². The van der Waals surface area contributed by atoms with Crippen molar-refractivity contribution in [3.8, 4) is 0 Å². The predicted molar refractivity (Wildman–Crippen MR) is 59.1 cm³/mol. The molecule has 1 rings (SSSR count). The van der Waals surface area contributed by atoms with E-state index in [2.05, 4.69) is 10.3 Å². The van der Waals surface area contributed by atoms with Crippen molar-refractivity contribution in [3.05, 3.63) is 12.4 Å². The van der Waals surface area contributed by atoms with Crippen molar-refractivity contribution in [1.29, 1.82) is 0 Å². The monoisotopic (exact) mass is 240 g/mol. The molecule has 7 nitrogen and oxygen atoms in total. The zero-order valence-corrected chi connectivity index (χ0v) is 9.91. The van der Waals surface area contributed by atoms with E-state index in [1.807, 2.05) is 13.8 Å². The molecule has 1 atom stereocenters. The summed E-state index contributed by atoms with van der Waals surface area (Å²) in [7, 11) is 0. The van der Waals surface area contributed by atoms with Crippen molar-refractivity contribution in [2.45, 2.75) is 32.9 Å². The lowest BCUT2D eigenvalue weighted by molar-refractivity contribution is -0.146. The van der Waals surface area contributed by atoms with Gasteiger partial charge in [0, 0.05) is 12.2 Å². The highest BCUT2D eigenvalue weighted by atomic mass is 16.4. The molecule has 0 aromatic carbocycles. The van der Waals surface area contributed by atoms with Crippen molar-refractivity contribution < 1.29 is 14.7 Å². The lowest BCUT2D eigenvalue weighted by Gasteiger charge is -2.26. The Hall–Kier alpha value is -1.92. The summed E-state index contributed by atoms with van der Waals surface area (Å²) in [4.78, 5) is 24.0. The molecule has 1 amide bonds. The number of aromatic nitrogens is 3. The van der Waals surface area contributed by atoms with Crippen LogP contribution in [-0.4, -0.2) is 49.5 Å². The van der Waals surface area contributed by atoms with Crippen molar-refractivity contribution in [2.75, 3.05) is 6.54 Å². The lowest BCUT2D eigenvalue weighted by atomic mass is 10.2. The van der Waals surface area contributed by atoms with Gasteiger partial charge in [0.25, 0.3) is 0 Å². The van der Waals surface area contributed by atoms with E-state index in [4.69, 9.17) is 5.11 Å². The smallest absolute Gasteiger partial charge is 0.323 e. The molecule has 0 spiro atoms. The first-order chi connectivity index (χ1) is 8.04. The number of hydrogen-bond donors (Lipinski definition) is 1. The number of carbonyl (C=O) groups excluding carboxylic acids is 1. The van der Waals surface area contributed by atoms with Gasteiger partial charge in [-0.05, 0) is 13.3 Å². The molecule has 0 fully saturated rings. The molecule has 1 aromatic heterocycles. The number of carboxylic acids is 1. The summed E-state index contributed by atoms with van der Waals surface area (Å²) < 4.78 is 1.37. The van der Waals surface area contributed by atoms with Gasteiger partial charge in [0.15, 0.2) is 0 Å². The maximum Gasteiger partial charge on any atom is 0.323 e. The van der Waals surface area contributed by atoms with Gasteiger partial charge in [-0.1, -0.05) is 12.1 Å². The number of amides is 1. The van der Waals surface area contributed by atoms with Crippen LogP contribution in [0.2, 0.25) is 0 Å². The molecule has 0 aliphatic heterocycles. The Morgan fingerprint density at radius 2 is 2.24 bits per heavy atom. The van der Waals surface area contributed by atoms with Gasteiger partial charge in [0.2, 0.25) is 5.91 Å². The van der Waals surface area contributed by atoms with E-state index in [0.717, 1.165) is 0 Å². The van der Waals surface area contributed by atoms with Crippen LogP contribution in [0.25, 0.3) is 0 Å². The third-order valence-electron chi connectivity index (χ3n) is 2.52. The van der Waals surface area contributed by atoms with Gasteiger partial charge in [0.1, 0.15) is 13.1 Å². The van der Waals surface area contributed by atoms with Gasteiger partial charge in [-0.25, -0.2) is 4.68 Å². The second-order valence-corrected chi connectivity index (χ2v) is 3.77. The summed E-state index contributed by atoms with van der Waals surface area (Å²) in [5.74, 6) is -1.29. The first kappa shape index (κ1) is 13.1. The summed E-state index contributed by atoms with van der Waals surface area (Å²) in [5.41, 5.74) is 0. The maximum absolute atomic E-state index is 11.9. The van der Waals surface area contributed by atoms with Gasteiger partial charge in [-0.2, -0.15) is 0 Å². The molecule has 0 aliphatic carbocycles. The van der Waals surface area contributed by atoms with E-state index in [-0.39, 0.29) is 25.0 Å². The van der Waals surface area contributed by atoms with E-state index in [1.165, 1.54) is 15.8 Å². The quantitative estimate of drug-likeness (QED) is 0.755. The van der Waals surface area contributed by atoms with E-state index in [9.17, 15) is 9.59 Å². The van der Waals surface area contributed by atoms with E-state index >= 15 is 0 Å². The minimum absolute atomic E-state index is 0.0115. The van der Waals surface area contributed by atoms with Crippen molar-refractivity contribution in [2.24, 2.45) is 0 Å². The van der Waals surface area contributed by atoms with Crippen LogP contribution in [0.4, 0.5) is 0 Å². The van der Waals surface area contributed by atoms with Crippen LogP contribution in [0, 0.1) is 0 Å². The Balaban J connectivity index is 2.68. The molecule has 0 bridgehead atoms. The number of hydrogen-bond acceptors (Lipinski definition) is 4. The van der Waals surface area contributed by atoms with Crippen LogP contribution in [0.3, 0.4) is 0 Å². The number of rotatable bonds is 6. The first-order valence-electron chi connectivity index (χ1n) is 5.40. The molecule has 0 aliphatic rings. The molecular weight excluding hydrogens is 224 g/mol. The summed E-state index contributed by atoms with van der Waals surface area (Å²) in [5, 5.41) is 16.0. The van der Waals surface area contributed by atoms with Crippen LogP contribution in [0.5, 0.6) is 0 Å². The zero-order valence-electron chi connectivity index (χ0n) is 9.91. The maximum atomic E-state index is 11.9. The summed E-state index contributed by atoms with van der Waals surface area (Å²) in [6.07, 6.45) is 3.74. The normalized spacial score (nSPS) is 12.1. The summed E-state index contributed by atoms with van der Waals surface area (Å²) in [6.45, 7) is 3.45. The fourth-order valence-corrected chi connectivity index (χ4v) is 1.40. The van der Waals surface area contributed by atoms with E-state index < -0.39 is 5.97 Å². The third kappa shape index (κ3) is 3.86.